The van der Waals surface area contributed by atoms with E-state index >= 15 is 0 Å². The van der Waals surface area contributed by atoms with E-state index in [1.165, 1.54) is 45.3 Å². The molecular formula is C17H22Cl2N4S. The number of rotatable bonds is 7. The van der Waals surface area contributed by atoms with Crippen molar-refractivity contribution >= 4 is 35.0 Å². The SMILES string of the molecule is Cc1nc(SCCCCN2CCCC2)nn1-c1ccc(Cl)c(Cl)c1. The van der Waals surface area contributed by atoms with Gasteiger partial charge in [-0.1, -0.05) is 35.0 Å². The van der Waals surface area contributed by atoms with Gasteiger partial charge < -0.3 is 4.90 Å². The van der Waals surface area contributed by atoms with Crippen molar-refractivity contribution in [1.82, 2.24) is 19.7 Å². The normalized spacial score (nSPS) is 15.3. The maximum absolute atomic E-state index is 6.09. The Kier molecular flexibility index (Phi) is 6.44. The lowest BCUT2D eigenvalue weighted by Crippen LogP contribution is -2.20. The predicted molar refractivity (Wildman–Crippen MR) is 102 cm³/mol. The van der Waals surface area contributed by atoms with Crippen molar-refractivity contribution in [2.75, 3.05) is 25.4 Å². The molecule has 2 aromatic rings. The summed E-state index contributed by atoms with van der Waals surface area (Å²) in [6, 6.07) is 5.50. The summed E-state index contributed by atoms with van der Waals surface area (Å²) >= 11 is 13.8. The minimum absolute atomic E-state index is 0.528. The first kappa shape index (κ1) is 18.1. The zero-order valence-corrected chi connectivity index (χ0v) is 16.2. The van der Waals surface area contributed by atoms with Gasteiger partial charge in [0.05, 0.1) is 15.7 Å². The molecule has 1 aliphatic heterocycles. The van der Waals surface area contributed by atoms with E-state index in [2.05, 4.69) is 15.0 Å². The van der Waals surface area contributed by atoms with Crippen molar-refractivity contribution in [1.29, 1.82) is 0 Å². The largest absolute Gasteiger partial charge is 0.303 e. The third-order valence-electron chi connectivity index (χ3n) is 4.20. The van der Waals surface area contributed by atoms with Crippen LogP contribution in [0, 0.1) is 6.92 Å². The number of aryl methyl sites for hydroxylation is 1. The number of benzene rings is 1. The Hall–Kier alpha value is -0.750. The number of halogens is 2. The third kappa shape index (κ3) is 4.66. The Morgan fingerprint density at radius 2 is 1.92 bits per heavy atom. The van der Waals surface area contributed by atoms with Crippen LogP contribution in [0.1, 0.15) is 31.5 Å². The summed E-state index contributed by atoms with van der Waals surface area (Å²) in [5.74, 6) is 1.91. The van der Waals surface area contributed by atoms with Crippen molar-refractivity contribution < 1.29 is 0 Å². The highest BCUT2D eigenvalue weighted by Gasteiger charge is 2.12. The van der Waals surface area contributed by atoms with E-state index in [1.54, 1.807) is 17.8 Å². The maximum Gasteiger partial charge on any atom is 0.209 e. The molecule has 0 radical (unpaired) electrons. The Labute approximate surface area is 157 Å². The summed E-state index contributed by atoms with van der Waals surface area (Å²) in [4.78, 5) is 7.10. The van der Waals surface area contributed by atoms with E-state index in [1.807, 2.05) is 23.7 Å². The molecule has 24 heavy (non-hydrogen) atoms. The Morgan fingerprint density at radius 3 is 2.67 bits per heavy atom. The quantitative estimate of drug-likeness (QED) is 0.504. The van der Waals surface area contributed by atoms with Crippen LogP contribution in [0.4, 0.5) is 0 Å². The topological polar surface area (TPSA) is 34.0 Å². The standard InChI is InChI=1S/C17H22Cl2N4S/c1-13-20-17(24-11-5-4-10-22-8-2-3-9-22)21-23(13)14-6-7-15(18)16(19)12-14/h6-7,12H,2-5,8-11H2,1H3. The van der Waals surface area contributed by atoms with Crippen molar-refractivity contribution in [3.8, 4) is 5.69 Å². The predicted octanol–water partition coefficient (Wildman–Crippen LogP) is 4.85. The van der Waals surface area contributed by atoms with Gasteiger partial charge in [-0.3, -0.25) is 0 Å². The van der Waals surface area contributed by atoms with Crippen LogP contribution in [-0.4, -0.2) is 45.1 Å². The Bertz CT molecular complexity index is 683. The summed E-state index contributed by atoms with van der Waals surface area (Å²) in [5, 5.41) is 6.48. The van der Waals surface area contributed by atoms with E-state index in [0.29, 0.717) is 10.0 Å². The lowest BCUT2D eigenvalue weighted by atomic mass is 10.3. The molecule has 4 nitrogen and oxygen atoms in total. The second-order valence-corrected chi connectivity index (χ2v) is 7.93. The van der Waals surface area contributed by atoms with Crippen molar-refractivity contribution in [3.63, 3.8) is 0 Å². The number of hydrogen-bond donors (Lipinski definition) is 0. The average Bonchev–Trinajstić information content (AvgIpc) is 3.19. The third-order valence-corrected chi connectivity index (χ3v) is 5.86. The van der Waals surface area contributed by atoms with Crippen LogP contribution in [0.2, 0.25) is 10.0 Å². The molecule has 0 amide bonds. The maximum atomic E-state index is 6.09. The molecule has 1 fully saturated rings. The Morgan fingerprint density at radius 1 is 1.12 bits per heavy atom. The van der Waals surface area contributed by atoms with Gasteiger partial charge in [0.25, 0.3) is 0 Å². The zero-order chi connectivity index (χ0) is 16.9. The lowest BCUT2D eigenvalue weighted by molar-refractivity contribution is 0.333. The fourth-order valence-corrected chi connectivity index (χ4v) is 4.06. The second-order valence-electron chi connectivity index (χ2n) is 6.06. The number of aromatic nitrogens is 3. The fraction of sp³-hybridized carbons (Fsp3) is 0.529. The van der Waals surface area contributed by atoms with Crippen LogP contribution in [0.25, 0.3) is 5.69 Å². The summed E-state index contributed by atoms with van der Waals surface area (Å²) in [6.45, 7) is 5.74. The molecule has 1 aliphatic rings. The van der Waals surface area contributed by atoms with Crippen LogP contribution in [-0.2, 0) is 0 Å². The first-order valence-electron chi connectivity index (χ1n) is 8.38. The van der Waals surface area contributed by atoms with Gasteiger partial charge in [-0.25, -0.2) is 9.67 Å². The van der Waals surface area contributed by atoms with E-state index in [0.717, 1.165) is 22.4 Å². The highest BCUT2D eigenvalue weighted by Crippen LogP contribution is 2.25. The highest BCUT2D eigenvalue weighted by atomic mass is 35.5. The summed E-state index contributed by atoms with van der Waals surface area (Å²) < 4.78 is 1.81. The van der Waals surface area contributed by atoms with E-state index < -0.39 is 0 Å². The molecule has 0 bridgehead atoms. The summed E-state index contributed by atoms with van der Waals surface area (Å²) in [7, 11) is 0. The molecule has 3 rings (SSSR count). The molecule has 0 saturated carbocycles. The van der Waals surface area contributed by atoms with Crippen LogP contribution in [0.5, 0.6) is 0 Å². The lowest BCUT2D eigenvalue weighted by Gasteiger charge is -2.13. The molecule has 2 heterocycles. The number of likely N-dealkylation sites (tertiary alicyclic amines) is 1. The Balaban J connectivity index is 1.51. The number of unbranched alkanes of at least 4 members (excludes halogenated alkanes) is 1. The van der Waals surface area contributed by atoms with Gasteiger partial charge in [0, 0.05) is 5.75 Å². The van der Waals surface area contributed by atoms with Crippen molar-refractivity contribution in [3.05, 3.63) is 34.1 Å². The van der Waals surface area contributed by atoms with Crippen LogP contribution >= 0.6 is 35.0 Å². The van der Waals surface area contributed by atoms with E-state index in [4.69, 9.17) is 23.2 Å². The van der Waals surface area contributed by atoms with Crippen molar-refractivity contribution in [2.45, 2.75) is 37.8 Å². The molecule has 1 aromatic carbocycles. The van der Waals surface area contributed by atoms with Crippen molar-refractivity contribution in [2.24, 2.45) is 0 Å². The van der Waals surface area contributed by atoms with Gasteiger partial charge >= 0.3 is 0 Å². The zero-order valence-electron chi connectivity index (χ0n) is 13.8. The summed E-state index contributed by atoms with van der Waals surface area (Å²) in [6.07, 6.45) is 5.18. The minimum atomic E-state index is 0.528. The molecule has 0 atom stereocenters. The van der Waals surface area contributed by atoms with Gasteiger partial charge in [0.1, 0.15) is 5.82 Å². The highest BCUT2D eigenvalue weighted by molar-refractivity contribution is 7.99. The molecule has 1 aromatic heterocycles. The van der Waals surface area contributed by atoms with Gasteiger partial charge in [-0.15, -0.1) is 5.10 Å². The molecule has 0 unspecified atom stereocenters. The first-order valence-corrected chi connectivity index (χ1v) is 10.1. The fourth-order valence-electron chi connectivity index (χ4n) is 2.90. The van der Waals surface area contributed by atoms with Gasteiger partial charge in [-0.05, 0) is 70.4 Å². The molecule has 0 spiro atoms. The molecule has 1 saturated heterocycles. The number of thioether (sulfide) groups is 1. The number of nitrogens with zero attached hydrogens (tertiary/aromatic N) is 4. The molecule has 130 valence electrons. The van der Waals surface area contributed by atoms with Crippen LogP contribution in [0.3, 0.4) is 0 Å². The van der Waals surface area contributed by atoms with Gasteiger partial charge in [-0.2, -0.15) is 0 Å². The van der Waals surface area contributed by atoms with E-state index in [9.17, 15) is 0 Å². The smallest absolute Gasteiger partial charge is 0.209 e. The van der Waals surface area contributed by atoms with Gasteiger partial charge in [0.2, 0.25) is 5.16 Å². The first-order chi connectivity index (χ1) is 11.6. The molecular weight excluding hydrogens is 363 g/mol. The molecule has 7 heteroatoms. The van der Waals surface area contributed by atoms with E-state index in [-0.39, 0.29) is 0 Å². The average molecular weight is 385 g/mol. The second kappa shape index (κ2) is 8.56. The van der Waals surface area contributed by atoms with Gasteiger partial charge in [0.15, 0.2) is 0 Å². The monoisotopic (exact) mass is 384 g/mol. The molecule has 0 aliphatic carbocycles. The van der Waals surface area contributed by atoms with Crippen LogP contribution in [0.15, 0.2) is 23.4 Å². The van der Waals surface area contributed by atoms with Crippen LogP contribution < -0.4 is 0 Å². The summed E-state index contributed by atoms with van der Waals surface area (Å²) in [5.41, 5.74) is 0.885. The molecule has 0 N–H and O–H groups in total. The minimum Gasteiger partial charge on any atom is -0.303 e. The number of hydrogen-bond acceptors (Lipinski definition) is 4.